The van der Waals surface area contributed by atoms with Gasteiger partial charge in [0.05, 0.1) is 30.2 Å². The fraction of sp³-hybridized carbons (Fsp3) is 0.606. The van der Waals surface area contributed by atoms with Gasteiger partial charge in [-0.25, -0.2) is 18.6 Å². The molecule has 47 heavy (non-hydrogen) atoms. The predicted octanol–water partition coefficient (Wildman–Crippen LogP) is 5.08. The number of aromatic nitrogens is 4. The number of nitrogens with one attached hydrogen (secondary N) is 2. The van der Waals surface area contributed by atoms with Gasteiger partial charge in [0, 0.05) is 44.3 Å². The highest BCUT2D eigenvalue weighted by molar-refractivity contribution is 5.80. The lowest BCUT2D eigenvalue weighted by Crippen LogP contribution is -2.49. The topological polar surface area (TPSA) is 127 Å². The van der Waals surface area contributed by atoms with E-state index < -0.39 is 12.0 Å². The minimum Gasteiger partial charge on any atom is -0.444 e. The van der Waals surface area contributed by atoms with Crippen LogP contribution in [-0.4, -0.2) is 93.5 Å². The van der Waals surface area contributed by atoms with Crippen molar-refractivity contribution in [3.05, 3.63) is 36.2 Å². The summed E-state index contributed by atoms with van der Waals surface area (Å²) in [6.45, 7) is 8.81. The first kappa shape index (κ1) is 32.9. The third-order valence-electron chi connectivity index (χ3n) is 8.90. The van der Waals surface area contributed by atoms with Gasteiger partial charge in [-0.15, -0.1) is 0 Å². The number of morpholine rings is 1. The summed E-state index contributed by atoms with van der Waals surface area (Å²) in [6, 6.07) is 8.84. The zero-order valence-electron chi connectivity index (χ0n) is 27.3. The minimum absolute atomic E-state index is 0.0248. The summed E-state index contributed by atoms with van der Waals surface area (Å²) in [5.41, 5.74) is 0.427. The zero-order valence-corrected chi connectivity index (χ0v) is 27.3. The third kappa shape index (κ3) is 7.91. The number of benzene rings is 1. The largest absolute Gasteiger partial charge is 0.444 e. The number of ether oxygens (including phenoxy) is 2. The number of piperidine rings is 1. The Morgan fingerprint density at radius 2 is 1.66 bits per heavy atom. The molecule has 2 saturated heterocycles. The summed E-state index contributed by atoms with van der Waals surface area (Å²) in [7, 11) is 0. The second-order valence-electron chi connectivity index (χ2n) is 13.6. The van der Waals surface area contributed by atoms with Crippen LogP contribution in [0.1, 0.15) is 71.5 Å². The Balaban J connectivity index is 1.12. The standard InChI is InChI=1S/C33H44F2N8O4/c1-33(2,3)47-32(45)42-14-6-7-21(20-42)30(44)36-22-10-12-23(13-11-22)37-31-39-26(41-15-17-46-18-16-41)19-27(40-31)43-25-9-5-4-8-24(25)38-29(43)28(34)35/h4-5,8-9,19,21-23,28H,6-7,10-18,20H2,1-3H3,(H,36,44)(H,37,39,40)/t21-,22?,23?/m0/s1. The molecular formula is C33H44F2N8O4. The Bertz CT molecular complexity index is 1560. The van der Waals surface area contributed by atoms with E-state index in [0.717, 1.165) is 38.5 Å². The van der Waals surface area contributed by atoms with Gasteiger partial charge in [0.1, 0.15) is 17.2 Å². The molecule has 4 heterocycles. The van der Waals surface area contributed by atoms with Crippen LogP contribution in [-0.2, 0) is 14.3 Å². The lowest BCUT2D eigenvalue weighted by molar-refractivity contribution is -0.127. The maximum Gasteiger partial charge on any atom is 0.410 e. The van der Waals surface area contributed by atoms with E-state index in [-0.39, 0.29) is 35.8 Å². The fourth-order valence-corrected chi connectivity index (χ4v) is 6.55. The first-order valence-electron chi connectivity index (χ1n) is 16.6. The van der Waals surface area contributed by atoms with Gasteiger partial charge >= 0.3 is 6.09 Å². The van der Waals surface area contributed by atoms with Crippen molar-refractivity contribution in [2.75, 3.05) is 49.6 Å². The summed E-state index contributed by atoms with van der Waals surface area (Å²) < 4.78 is 40.9. The first-order chi connectivity index (χ1) is 22.5. The van der Waals surface area contributed by atoms with Crippen LogP contribution in [0.15, 0.2) is 30.3 Å². The molecule has 3 aliphatic rings. The van der Waals surface area contributed by atoms with Crippen molar-refractivity contribution in [1.82, 2.24) is 29.7 Å². The van der Waals surface area contributed by atoms with E-state index in [9.17, 15) is 18.4 Å². The fourth-order valence-electron chi connectivity index (χ4n) is 6.55. The quantitative estimate of drug-likeness (QED) is 0.359. The second-order valence-corrected chi connectivity index (χ2v) is 13.6. The molecule has 3 fully saturated rings. The van der Waals surface area contributed by atoms with Crippen molar-refractivity contribution in [3.63, 3.8) is 0 Å². The molecule has 2 amide bonds. The van der Waals surface area contributed by atoms with Gasteiger partial charge in [0.25, 0.3) is 6.43 Å². The minimum atomic E-state index is -2.79. The number of fused-ring (bicyclic) bond motifs is 1. The highest BCUT2D eigenvalue weighted by Gasteiger charge is 2.33. The number of likely N-dealkylation sites (tertiary alicyclic amines) is 1. The Labute approximate surface area is 273 Å². The van der Waals surface area contributed by atoms with Crippen LogP contribution in [0.3, 0.4) is 0 Å². The van der Waals surface area contributed by atoms with Gasteiger partial charge in [-0.05, 0) is 71.4 Å². The Morgan fingerprint density at radius 1 is 0.957 bits per heavy atom. The maximum absolute atomic E-state index is 14.2. The second kappa shape index (κ2) is 14.0. The van der Waals surface area contributed by atoms with Crippen LogP contribution < -0.4 is 15.5 Å². The molecule has 2 aromatic heterocycles. The predicted molar refractivity (Wildman–Crippen MR) is 173 cm³/mol. The number of rotatable bonds is 7. The molecule has 0 unspecified atom stereocenters. The summed E-state index contributed by atoms with van der Waals surface area (Å²) in [5, 5.41) is 6.68. The van der Waals surface area contributed by atoms with Crippen molar-refractivity contribution in [2.24, 2.45) is 5.92 Å². The monoisotopic (exact) mass is 654 g/mol. The van der Waals surface area contributed by atoms with E-state index in [0.29, 0.717) is 68.0 Å². The van der Waals surface area contributed by atoms with E-state index in [4.69, 9.17) is 19.4 Å². The molecule has 1 atom stereocenters. The first-order valence-corrected chi connectivity index (χ1v) is 16.6. The Morgan fingerprint density at radius 3 is 2.38 bits per heavy atom. The summed E-state index contributed by atoms with van der Waals surface area (Å²) in [4.78, 5) is 43.2. The molecular weight excluding hydrogens is 610 g/mol. The van der Waals surface area contributed by atoms with Crippen molar-refractivity contribution in [2.45, 2.75) is 83.4 Å². The number of amides is 2. The van der Waals surface area contributed by atoms with Crippen LogP contribution >= 0.6 is 0 Å². The molecule has 1 saturated carbocycles. The zero-order chi connectivity index (χ0) is 33.1. The molecule has 14 heteroatoms. The van der Waals surface area contributed by atoms with Gasteiger partial charge in [-0.1, -0.05) is 12.1 Å². The van der Waals surface area contributed by atoms with E-state index in [2.05, 4.69) is 20.5 Å². The van der Waals surface area contributed by atoms with Crippen molar-refractivity contribution < 1.29 is 27.8 Å². The van der Waals surface area contributed by atoms with E-state index in [1.54, 1.807) is 35.2 Å². The van der Waals surface area contributed by atoms with Gasteiger partial charge in [-0.2, -0.15) is 9.97 Å². The highest BCUT2D eigenvalue weighted by atomic mass is 19.3. The number of halogens is 2. The normalized spacial score (nSPS) is 22.4. The highest BCUT2D eigenvalue weighted by Crippen LogP contribution is 2.30. The average molecular weight is 655 g/mol. The molecule has 0 radical (unpaired) electrons. The molecule has 1 aliphatic carbocycles. The molecule has 254 valence electrons. The molecule has 0 spiro atoms. The lowest BCUT2D eigenvalue weighted by Gasteiger charge is -2.35. The van der Waals surface area contributed by atoms with Crippen LogP contribution in [0.4, 0.5) is 25.3 Å². The average Bonchev–Trinajstić information content (AvgIpc) is 3.46. The number of imidazole rings is 1. The Kier molecular flexibility index (Phi) is 9.76. The summed E-state index contributed by atoms with van der Waals surface area (Å²) in [6.07, 6.45) is 1.41. The van der Waals surface area contributed by atoms with E-state index >= 15 is 0 Å². The van der Waals surface area contributed by atoms with Gasteiger partial charge in [0.2, 0.25) is 11.9 Å². The number of carbonyl (C=O) groups excluding carboxylic acids is 2. The van der Waals surface area contributed by atoms with Gasteiger partial charge in [0.15, 0.2) is 5.82 Å². The van der Waals surface area contributed by atoms with Crippen LogP contribution in [0.25, 0.3) is 16.9 Å². The smallest absolute Gasteiger partial charge is 0.410 e. The Hall–Kier alpha value is -4.07. The van der Waals surface area contributed by atoms with Crippen LogP contribution in [0.5, 0.6) is 0 Å². The summed E-state index contributed by atoms with van der Waals surface area (Å²) >= 11 is 0. The van der Waals surface area contributed by atoms with Crippen molar-refractivity contribution in [3.8, 4) is 5.82 Å². The lowest BCUT2D eigenvalue weighted by atomic mass is 9.90. The number of hydrogen-bond donors (Lipinski definition) is 2. The van der Waals surface area contributed by atoms with Gasteiger partial charge in [-0.3, -0.25) is 9.36 Å². The third-order valence-corrected chi connectivity index (χ3v) is 8.90. The number of nitrogens with zero attached hydrogens (tertiary/aromatic N) is 6. The molecule has 2 aliphatic heterocycles. The molecule has 0 bridgehead atoms. The number of anilines is 2. The molecule has 2 N–H and O–H groups in total. The van der Waals surface area contributed by atoms with Crippen molar-refractivity contribution >= 4 is 34.8 Å². The van der Waals surface area contributed by atoms with E-state index in [1.807, 2.05) is 20.8 Å². The van der Waals surface area contributed by atoms with E-state index in [1.165, 1.54) is 4.57 Å². The van der Waals surface area contributed by atoms with Crippen LogP contribution in [0, 0.1) is 5.92 Å². The number of para-hydroxylation sites is 2. The summed E-state index contributed by atoms with van der Waals surface area (Å²) in [5.74, 6) is 0.656. The maximum atomic E-state index is 14.2. The number of hydrogen-bond acceptors (Lipinski definition) is 9. The molecule has 1 aromatic carbocycles. The molecule has 3 aromatic rings. The number of alkyl halides is 2. The van der Waals surface area contributed by atoms with Crippen molar-refractivity contribution in [1.29, 1.82) is 0 Å². The number of carbonyl (C=O) groups is 2. The molecule has 12 nitrogen and oxygen atoms in total. The van der Waals surface area contributed by atoms with Gasteiger partial charge < -0.3 is 29.9 Å². The molecule has 6 rings (SSSR count). The van der Waals surface area contributed by atoms with Crippen LogP contribution in [0.2, 0.25) is 0 Å². The SMILES string of the molecule is CC(C)(C)OC(=O)N1CCC[C@H](C(=O)NC2CCC(Nc3nc(N4CCOCC4)cc(-n4c(C(F)F)nc5ccccc54)n3)CC2)C1.